The van der Waals surface area contributed by atoms with E-state index in [9.17, 15) is 4.79 Å². The molecule has 3 N–H and O–H groups in total. The lowest BCUT2D eigenvalue weighted by Crippen LogP contribution is -2.54. The monoisotopic (exact) mass is 227 g/mol. The number of carbonyl (C=O) groups is 1. The number of nitrogens with one attached hydrogen (secondary N) is 1. The molecule has 1 amide bonds. The van der Waals surface area contributed by atoms with Gasteiger partial charge in [-0.05, 0) is 46.7 Å². The largest absolute Gasteiger partial charge is 0.353 e. The van der Waals surface area contributed by atoms with Crippen LogP contribution in [0.4, 0.5) is 0 Å². The zero-order chi connectivity index (χ0) is 12.2. The van der Waals surface area contributed by atoms with Crippen LogP contribution >= 0.6 is 0 Å². The number of hydrogen-bond donors (Lipinski definition) is 2. The minimum Gasteiger partial charge on any atom is -0.353 e. The van der Waals surface area contributed by atoms with Gasteiger partial charge in [0.25, 0.3) is 0 Å². The molecule has 16 heavy (non-hydrogen) atoms. The molecule has 1 aliphatic heterocycles. The lowest BCUT2D eigenvalue weighted by atomic mass is 9.98. The molecule has 0 unspecified atom stereocenters. The van der Waals surface area contributed by atoms with E-state index in [0.29, 0.717) is 6.54 Å². The predicted octanol–water partition coefficient (Wildman–Crippen LogP) is 0.714. The highest BCUT2D eigenvalue weighted by molar-refractivity contribution is 5.81. The molecule has 4 nitrogen and oxygen atoms in total. The number of nitrogens with zero attached hydrogens (tertiary/aromatic N) is 1. The molecule has 1 aliphatic rings. The standard InChI is InChI=1S/C12H25N3O/c1-10(13)11(16)14-9-12(2,3)15-7-5-4-6-8-15/h10H,4-9,13H2,1-3H3,(H,14,16)/t10-/m1/s1. The first-order valence-electron chi connectivity index (χ1n) is 6.22. The van der Waals surface area contributed by atoms with Crippen LogP contribution in [-0.4, -0.2) is 42.0 Å². The topological polar surface area (TPSA) is 58.4 Å². The van der Waals surface area contributed by atoms with E-state index in [2.05, 4.69) is 24.1 Å². The third-order valence-electron chi connectivity index (χ3n) is 3.32. The summed E-state index contributed by atoms with van der Waals surface area (Å²) in [5.74, 6) is -0.0647. The van der Waals surface area contributed by atoms with Crippen molar-refractivity contribution >= 4 is 5.91 Å². The van der Waals surface area contributed by atoms with Crippen LogP contribution in [0.25, 0.3) is 0 Å². The zero-order valence-electron chi connectivity index (χ0n) is 10.8. The molecule has 1 saturated heterocycles. The van der Waals surface area contributed by atoms with Crippen molar-refractivity contribution in [2.24, 2.45) is 5.73 Å². The Morgan fingerprint density at radius 2 is 1.94 bits per heavy atom. The van der Waals surface area contributed by atoms with Gasteiger partial charge in [-0.15, -0.1) is 0 Å². The maximum Gasteiger partial charge on any atom is 0.236 e. The smallest absolute Gasteiger partial charge is 0.236 e. The molecule has 0 bridgehead atoms. The summed E-state index contributed by atoms with van der Waals surface area (Å²) in [7, 11) is 0. The number of carbonyl (C=O) groups excluding carboxylic acids is 1. The Balaban J connectivity index is 2.40. The SMILES string of the molecule is C[C@@H](N)C(=O)NCC(C)(C)N1CCCCC1. The van der Waals surface area contributed by atoms with Crippen molar-refractivity contribution in [3.63, 3.8) is 0 Å². The number of likely N-dealkylation sites (tertiary alicyclic amines) is 1. The Labute approximate surface area is 98.6 Å². The highest BCUT2D eigenvalue weighted by Gasteiger charge is 2.28. The first-order chi connectivity index (χ1) is 7.43. The fraction of sp³-hybridized carbons (Fsp3) is 0.917. The van der Waals surface area contributed by atoms with E-state index in [4.69, 9.17) is 5.73 Å². The van der Waals surface area contributed by atoms with Crippen LogP contribution in [0.3, 0.4) is 0 Å². The molecule has 0 radical (unpaired) electrons. The average Bonchev–Trinajstić information content (AvgIpc) is 2.27. The molecule has 0 spiro atoms. The second kappa shape index (κ2) is 5.64. The summed E-state index contributed by atoms with van der Waals surface area (Å²) < 4.78 is 0. The van der Waals surface area contributed by atoms with Crippen molar-refractivity contribution in [1.82, 2.24) is 10.2 Å². The van der Waals surface area contributed by atoms with Gasteiger partial charge in [0.1, 0.15) is 0 Å². The molecule has 4 heteroatoms. The Morgan fingerprint density at radius 3 is 2.44 bits per heavy atom. The second-order valence-corrected chi connectivity index (χ2v) is 5.37. The maximum atomic E-state index is 11.4. The third kappa shape index (κ3) is 3.76. The molecule has 1 rings (SSSR count). The zero-order valence-corrected chi connectivity index (χ0v) is 10.8. The fourth-order valence-corrected chi connectivity index (χ4v) is 2.08. The molecular formula is C12H25N3O. The van der Waals surface area contributed by atoms with E-state index < -0.39 is 6.04 Å². The van der Waals surface area contributed by atoms with E-state index in [1.54, 1.807) is 6.92 Å². The maximum absolute atomic E-state index is 11.4. The first kappa shape index (κ1) is 13.5. The normalized spacial score (nSPS) is 20.5. The second-order valence-electron chi connectivity index (χ2n) is 5.37. The summed E-state index contributed by atoms with van der Waals surface area (Å²) in [5.41, 5.74) is 5.55. The quantitative estimate of drug-likeness (QED) is 0.744. The number of amides is 1. The Morgan fingerprint density at radius 1 is 1.38 bits per heavy atom. The van der Waals surface area contributed by atoms with Gasteiger partial charge in [-0.25, -0.2) is 0 Å². The fourth-order valence-electron chi connectivity index (χ4n) is 2.08. The van der Waals surface area contributed by atoms with Crippen LogP contribution in [0.1, 0.15) is 40.0 Å². The van der Waals surface area contributed by atoms with Gasteiger partial charge in [-0.2, -0.15) is 0 Å². The van der Waals surface area contributed by atoms with Gasteiger partial charge < -0.3 is 11.1 Å². The molecule has 0 aromatic heterocycles. The van der Waals surface area contributed by atoms with Crippen molar-refractivity contribution in [3.05, 3.63) is 0 Å². The van der Waals surface area contributed by atoms with Gasteiger partial charge in [0, 0.05) is 12.1 Å². The first-order valence-corrected chi connectivity index (χ1v) is 6.22. The van der Waals surface area contributed by atoms with E-state index in [1.807, 2.05) is 0 Å². The minimum absolute atomic E-state index is 0.0327. The number of nitrogens with two attached hydrogens (primary N) is 1. The number of piperidine rings is 1. The summed E-state index contributed by atoms with van der Waals surface area (Å²) >= 11 is 0. The van der Waals surface area contributed by atoms with Crippen LogP contribution in [0.2, 0.25) is 0 Å². The van der Waals surface area contributed by atoms with E-state index in [1.165, 1.54) is 19.3 Å². The summed E-state index contributed by atoms with van der Waals surface area (Å²) in [6.45, 7) is 9.03. The molecule has 1 heterocycles. The van der Waals surface area contributed by atoms with Gasteiger partial charge in [0.05, 0.1) is 6.04 Å². The Bertz CT molecular complexity index is 232. The van der Waals surface area contributed by atoms with Gasteiger partial charge in [-0.1, -0.05) is 6.42 Å². The summed E-state index contributed by atoms with van der Waals surface area (Å²) in [5, 5.41) is 2.91. The lowest BCUT2D eigenvalue weighted by Gasteiger charge is -2.41. The molecule has 0 aromatic rings. The Kier molecular flexibility index (Phi) is 4.74. The van der Waals surface area contributed by atoms with E-state index in [-0.39, 0.29) is 11.4 Å². The predicted molar refractivity (Wildman–Crippen MR) is 66.2 cm³/mol. The number of hydrogen-bond acceptors (Lipinski definition) is 3. The van der Waals surface area contributed by atoms with Gasteiger partial charge >= 0.3 is 0 Å². The number of rotatable bonds is 4. The average molecular weight is 227 g/mol. The van der Waals surface area contributed by atoms with Crippen molar-refractivity contribution in [3.8, 4) is 0 Å². The van der Waals surface area contributed by atoms with Crippen molar-refractivity contribution < 1.29 is 4.79 Å². The molecule has 0 aliphatic carbocycles. The minimum atomic E-state index is -0.419. The van der Waals surface area contributed by atoms with E-state index in [0.717, 1.165) is 13.1 Å². The van der Waals surface area contributed by atoms with Crippen molar-refractivity contribution in [1.29, 1.82) is 0 Å². The highest BCUT2D eigenvalue weighted by Crippen LogP contribution is 2.19. The molecule has 0 aromatic carbocycles. The van der Waals surface area contributed by atoms with Crippen LogP contribution in [0.5, 0.6) is 0 Å². The van der Waals surface area contributed by atoms with Crippen LogP contribution in [-0.2, 0) is 4.79 Å². The van der Waals surface area contributed by atoms with Gasteiger partial charge in [0.2, 0.25) is 5.91 Å². The van der Waals surface area contributed by atoms with Crippen LogP contribution < -0.4 is 11.1 Å². The Hall–Kier alpha value is -0.610. The van der Waals surface area contributed by atoms with Crippen LogP contribution in [0.15, 0.2) is 0 Å². The molecule has 1 fully saturated rings. The van der Waals surface area contributed by atoms with Crippen LogP contribution in [0, 0.1) is 0 Å². The highest BCUT2D eigenvalue weighted by atomic mass is 16.2. The molecule has 94 valence electrons. The lowest BCUT2D eigenvalue weighted by molar-refractivity contribution is -0.122. The summed E-state index contributed by atoms with van der Waals surface area (Å²) in [6, 6.07) is -0.419. The molecule has 1 atom stereocenters. The summed E-state index contributed by atoms with van der Waals surface area (Å²) in [4.78, 5) is 13.9. The van der Waals surface area contributed by atoms with E-state index >= 15 is 0 Å². The third-order valence-corrected chi connectivity index (χ3v) is 3.32. The van der Waals surface area contributed by atoms with Crippen molar-refractivity contribution in [2.45, 2.75) is 51.6 Å². The van der Waals surface area contributed by atoms with Gasteiger partial charge in [-0.3, -0.25) is 9.69 Å². The summed E-state index contributed by atoms with van der Waals surface area (Å²) in [6.07, 6.45) is 3.87. The molecular weight excluding hydrogens is 202 g/mol. The van der Waals surface area contributed by atoms with Crippen molar-refractivity contribution in [2.75, 3.05) is 19.6 Å². The molecule has 0 saturated carbocycles. The van der Waals surface area contributed by atoms with Gasteiger partial charge in [0.15, 0.2) is 0 Å².